The van der Waals surface area contributed by atoms with Crippen LogP contribution in [-0.4, -0.2) is 16.6 Å². The minimum atomic E-state index is 0.802. The Labute approximate surface area is 88.1 Å². The minimum Gasteiger partial charge on any atom is -0.493 e. The summed E-state index contributed by atoms with van der Waals surface area (Å²) in [5.41, 5.74) is 3.50. The Bertz CT molecular complexity index is 502. The van der Waals surface area contributed by atoms with E-state index in [-0.39, 0.29) is 0 Å². The van der Waals surface area contributed by atoms with E-state index in [4.69, 9.17) is 4.74 Å². The normalized spacial score (nSPS) is 13.7. The minimum absolute atomic E-state index is 0.802. The van der Waals surface area contributed by atoms with E-state index >= 15 is 0 Å². The van der Waals surface area contributed by atoms with Crippen molar-refractivity contribution in [1.29, 1.82) is 0 Å². The highest BCUT2D eigenvalue weighted by molar-refractivity contribution is 5.59. The van der Waals surface area contributed by atoms with E-state index in [1.54, 1.807) is 0 Å². The summed E-state index contributed by atoms with van der Waals surface area (Å²) < 4.78 is 5.46. The van der Waals surface area contributed by atoms with Crippen molar-refractivity contribution >= 4 is 0 Å². The fourth-order valence-electron chi connectivity index (χ4n) is 1.89. The van der Waals surface area contributed by atoms with Crippen LogP contribution >= 0.6 is 0 Å². The SMILES string of the molecule is Cc1cnc(-c2ccc3c(c2)CCO3)[nH]1. The molecule has 15 heavy (non-hydrogen) atoms. The highest BCUT2D eigenvalue weighted by Gasteiger charge is 2.13. The molecule has 0 atom stereocenters. The Balaban J connectivity index is 2.06. The van der Waals surface area contributed by atoms with Gasteiger partial charge in [0.15, 0.2) is 0 Å². The van der Waals surface area contributed by atoms with Crippen LogP contribution in [0.5, 0.6) is 5.75 Å². The van der Waals surface area contributed by atoms with E-state index in [2.05, 4.69) is 16.0 Å². The van der Waals surface area contributed by atoms with Gasteiger partial charge in [0, 0.05) is 23.9 Å². The first-order valence-corrected chi connectivity index (χ1v) is 5.10. The molecule has 2 heterocycles. The quantitative estimate of drug-likeness (QED) is 0.767. The van der Waals surface area contributed by atoms with Crippen LogP contribution < -0.4 is 4.74 Å². The van der Waals surface area contributed by atoms with E-state index in [0.717, 1.165) is 35.9 Å². The lowest BCUT2D eigenvalue weighted by Gasteiger charge is -2.01. The topological polar surface area (TPSA) is 37.9 Å². The molecule has 1 aromatic heterocycles. The second kappa shape index (κ2) is 3.12. The molecule has 1 aliphatic heterocycles. The van der Waals surface area contributed by atoms with Crippen molar-refractivity contribution in [2.24, 2.45) is 0 Å². The Morgan fingerprint density at radius 3 is 3.13 bits per heavy atom. The molecule has 0 radical (unpaired) electrons. The second-order valence-corrected chi connectivity index (χ2v) is 3.84. The van der Waals surface area contributed by atoms with Crippen molar-refractivity contribution in [1.82, 2.24) is 9.97 Å². The zero-order valence-corrected chi connectivity index (χ0v) is 8.58. The summed E-state index contributed by atoms with van der Waals surface area (Å²) >= 11 is 0. The first-order valence-electron chi connectivity index (χ1n) is 5.10. The molecule has 3 rings (SSSR count). The van der Waals surface area contributed by atoms with E-state index in [1.807, 2.05) is 25.3 Å². The van der Waals surface area contributed by atoms with Crippen LogP contribution in [0.1, 0.15) is 11.3 Å². The van der Waals surface area contributed by atoms with E-state index < -0.39 is 0 Å². The number of nitrogens with zero attached hydrogens (tertiary/aromatic N) is 1. The number of H-pyrrole nitrogens is 1. The highest BCUT2D eigenvalue weighted by Crippen LogP contribution is 2.29. The van der Waals surface area contributed by atoms with Gasteiger partial charge >= 0.3 is 0 Å². The van der Waals surface area contributed by atoms with Gasteiger partial charge in [-0.05, 0) is 30.7 Å². The molecule has 0 saturated heterocycles. The predicted molar refractivity (Wildman–Crippen MR) is 58.0 cm³/mol. The van der Waals surface area contributed by atoms with Crippen LogP contribution in [0.4, 0.5) is 0 Å². The average Bonchev–Trinajstić information content (AvgIpc) is 2.84. The molecule has 0 unspecified atom stereocenters. The summed E-state index contributed by atoms with van der Waals surface area (Å²) in [6.45, 7) is 2.81. The van der Waals surface area contributed by atoms with Crippen LogP contribution in [0, 0.1) is 6.92 Å². The van der Waals surface area contributed by atoms with Crippen molar-refractivity contribution in [2.75, 3.05) is 6.61 Å². The third-order valence-electron chi connectivity index (χ3n) is 2.67. The summed E-state index contributed by atoms with van der Waals surface area (Å²) in [6, 6.07) is 6.22. The number of aromatic amines is 1. The standard InChI is InChI=1S/C12H12N2O/c1-8-7-13-12(14-8)10-2-3-11-9(6-10)4-5-15-11/h2-3,6-7H,4-5H2,1H3,(H,13,14). The predicted octanol–water partition coefficient (Wildman–Crippen LogP) is 2.32. The molecular weight excluding hydrogens is 188 g/mol. The number of benzene rings is 1. The summed E-state index contributed by atoms with van der Waals surface area (Å²) in [4.78, 5) is 7.55. The van der Waals surface area contributed by atoms with Gasteiger partial charge in [-0.15, -0.1) is 0 Å². The van der Waals surface area contributed by atoms with E-state index in [1.165, 1.54) is 5.56 Å². The maximum absolute atomic E-state index is 5.46. The Morgan fingerprint density at radius 1 is 1.40 bits per heavy atom. The molecule has 0 saturated carbocycles. The number of aryl methyl sites for hydroxylation is 1. The smallest absolute Gasteiger partial charge is 0.137 e. The average molecular weight is 200 g/mol. The fourth-order valence-corrected chi connectivity index (χ4v) is 1.89. The Kier molecular flexibility index (Phi) is 1.78. The van der Waals surface area contributed by atoms with Gasteiger partial charge in [0.25, 0.3) is 0 Å². The molecule has 0 aliphatic carbocycles. The molecule has 1 aromatic carbocycles. The zero-order valence-electron chi connectivity index (χ0n) is 8.58. The number of hydrogen-bond acceptors (Lipinski definition) is 2. The lowest BCUT2D eigenvalue weighted by molar-refractivity contribution is 0.357. The van der Waals surface area contributed by atoms with Gasteiger partial charge in [0.1, 0.15) is 11.6 Å². The van der Waals surface area contributed by atoms with Crippen molar-refractivity contribution in [2.45, 2.75) is 13.3 Å². The van der Waals surface area contributed by atoms with Crippen molar-refractivity contribution in [3.63, 3.8) is 0 Å². The summed E-state index contributed by atoms with van der Waals surface area (Å²) in [5.74, 6) is 1.95. The number of nitrogens with one attached hydrogen (secondary N) is 1. The van der Waals surface area contributed by atoms with Gasteiger partial charge in [0.2, 0.25) is 0 Å². The fraction of sp³-hybridized carbons (Fsp3) is 0.250. The molecule has 76 valence electrons. The summed E-state index contributed by atoms with van der Waals surface area (Å²) in [6.07, 6.45) is 2.85. The van der Waals surface area contributed by atoms with Crippen LogP contribution in [0.2, 0.25) is 0 Å². The van der Waals surface area contributed by atoms with Crippen LogP contribution in [0.3, 0.4) is 0 Å². The Hall–Kier alpha value is -1.77. The highest BCUT2D eigenvalue weighted by atomic mass is 16.5. The molecule has 1 N–H and O–H groups in total. The van der Waals surface area contributed by atoms with Crippen molar-refractivity contribution in [3.05, 3.63) is 35.7 Å². The summed E-state index contributed by atoms with van der Waals surface area (Å²) in [7, 11) is 0. The molecular formula is C12H12N2O. The number of ether oxygens (including phenoxy) is 1. The van der Waals surface area contributed by atoms with E-state index in [0.29, 0.717) is 0 Å². The monoisotopic (exact) mass is 200 g/mol. The number of hydrogen-bond donors (Lipinski definition) is 1. The maximum atomic E-state index is 5.46. The first kappa shape index (κ1) is 8.53. The second-order valence-electron chi connectivity index (χ2n) is 3.84. The van der Waals surface area contributed by atoms with Gasteiger partial charge in [-0.2, -0.15) is 0 Å². The largest absolute Gasteiger partial charge is 0.493 e. The number of fused-ring (bicyclic) bond motifs is 1. The number of aromatic nitrogens is 2. The molecule has 1 aliphatic rings. The van der Waals surface area contributed by atoms with Crippen molar-refractivity contribution < 1.29 is 4.74 Å². The van der Waals surface area contributed by atoms with Gasteiger partial charge in [0.05, 0.1) is 6.61 Å². The molecule has 2 aromatic rings. The third-order valence-corrected chi connectivity index (χ3v) is 2.67. The number of imidazole rings is 1. The van der Waals surface area contributed by atoms with Crippen LogP contribution in [-0.2, 0) is 6.42 Å². The van der Waals surface area contributed by atoms with Crippen LogP contribution in [0.15, 0.2) is 24.4 Å². The third kappa shape index (κ3) is 1.40. The van der Waals surface area contributed by atoms with Gasteiger partial charge in [-0.25, -0.2) is 4.98 Å². The van der Waals surface area contributed by atoms with Gasteiger partial charge in [-0.1, -0.05) is 0 Å². The van der Waals surface area contributed by atoms with Gasteiger partial charge < -0.3 is 9.72 Å². The lowest BCUT2D eigenvalue weighted by Crippen LogP contribution is -1.85. The molecule has 0 amide bonds. The first-order chi connectivity index (χ1) is 7.33. The zero-order chi connectivity index (χ0) is 10.3. The van der Waals surface area contributed by atoms with Crippen molar-refractivity contribution in [3.8, 4) is 17.1 Å². The molecule has 3 nitrogen and oxygen atoms in total. The maximum Gasteiger partial charge on any atom is 0.137 e. The van der Waals surface area contributed by atoms with E-state index in [9.17, 15) is 0 Å². The Morgan fingerprint density at radius 2 is 2.33 bits per heavy atom. The molecule has 0 spiro atoms. The molecule has 0 bridgehead atoms. The summed E-state index contributed by atoms with van der Waals surface area (Å²) in [5, 5.41) is 0. The molecule has 0 fully saturated rings. The number of rotatable bonds is 1. The van der Waals surface area contributed by atoms with Gasteiger partial charge in [-0.3, -0.25) is 0 Å². The molecule has 3 heteroatoms. The lowest BCUT2D eigenvalue weighted by atomic mass is 10.1. The van der Waals surface area contributed by atoms with Crippen LogP contribution in [0.25, 0.3) is 11.4 Å².